The summed E-state index contributed by atoms with van der Waals surface area (Å²) in [7, 11) is 0. The van der Waals surface area contributed by atoms with Crippen LogP contribution in [0.1, 0.15) is 18.0 Å². The van der Waals surface area contributed by atoms with E-state index in [-0.39, 0.29) is 18.5 Å². The van der Waals surface area contributed by atoms with E-state index in [2.05, 4.69) is 0 Å². The van der Waals surface area contributed by atoms with Crippen LogP contribution in [0.3, 0.4) is 0 Å². The van der Waals surface area contributed by atoms with Crippen LogP contribution < -0.4 is 0 Å². The normalized spacial score (nSPS) is 19.4. The first-order valence-corrected chi connectivity index (χ1v) is 5.22. The number of carbonyl (C=O) groups is 2. The molecule has 2 rings (SSSR count). The molecular formula is C11H10ClNO3. The molecule has 1 heterocycles. The third-order valence-electron chi connectivity index (χ3n) is 2.62. The molecule has 5 heteroatoms. The molecule has 4 nitrogen and oxygen atoms in total. The predicted octanol–water partition coefficient (Wildman–Crippen LogP) is 1.70. The molecule has 0 aromatic heterocycles. The molecule has 1 aliphatic rings. The standard InChI is InChI=1S/C11H10ClNO3/c12-8-3-1-7(2-4-8)9-5-10(14)13(9)6-11(15)16/h1-4,9H,5-6H2,(H,15,16). The van der Waals surface area contributed by atoms with Crippen LogP contribution in [0, 0.1) is 0 Å². The number of nitrogens with zero attached hydrogens (tertiary/aromatic N) is 1. The summed E-state index contributed by atoms with van der Waals surface area (Å²) in [5.74, 6) is -1.12. The smallest absolute Gasteiger partial charge is 0.323 e. The largest absolute Gasteiger partial charge is 0.480 e. The minimum absolute atomic E-state index is 0.123. The van der Waals surface area contributed by atoms with Crippen molar-refractivity contribution in [1.82, 2.24) is 4.90 Å². The summed E-state index contributed by atoms with van der Waals surface area (Å²) in [5, 5.41) is 9.28. The lowest BCUT2D eigenvalue weighted by Gasteiger charge is -2.39. The predicted molar refractivity (Wildman–Crippen MR) is 58.2 cm³/mol. The van der Waals surface area contributed by atoms with Crippen LogP contribution in [0.4, 0.5) is 0 Å². The van der Waals surface area contributed by atoms with Gasteiger partial charge in [-0.05, 0) is 17.7 Å². The number of carboxylic acids is 1. The third-order valence-corrected chi connectivity index (χ3v) is 2.88. The molecule has 1 N–H and O–H groups in total. The van der Waals surface area contributed by atoms with E-state index in [1.807, 2.05) is 12.1 Å². The van der Waals surface area contributed by atoms with E-state index >= 15 is 0 Å². The molecule has 84 valence electrons. The fraction of sp³-hybridized carbons (Fsp3) is 0.273. The van der Waals surface area contributed by atoms with Gasteiger partial charge in [-0.25, -0.2) is 0 Å². The number of halogens is 1. The van der Waals surface area contributed by atoms with Crippen molar-refractivity contribution in [2.75, 3.05) is 6.54 Å². The number of hydrogen-bond donors (Lipinski definition) is 1. The number of likely N-dealkylation sites (tertiary alicyclic amines) is 1. The highest BCUT2D eigenvalue weighted by atomic mass is 35.5. The fourth-order valence-electron chi connectivity index (χ4n) is 1.78. The Balaban J connectivity index is 2.13. The van der Waals surface area contributed by atoms with Crippen molar-refractivity contribution in [2.45, 2.75) is 12.5 Å². The van der Waals surface area contributed by atoms with Crippen LogP contribution in [0.5, 0.6) is 0 Å². The molecule has 0 saturated carbocycles. The van der Waals surface area contributed by atoms with Crippen molar-refractivity contribution in [1.29, 1.82) is 0 Å². The zero-order valence-corrected chi connectivity index (χ0v) is 9.15. The Morgan fingerprint density at radius 3 is 2.56 bits per heavy atom. The topological polar surface area (TPSA) is 57.6 Å². The maximum absolute atomic E-state index is 11.3. The highest BCUT2D eigenvalue weighted by Crippen LogP contribution is 2.34. The lowest BCUT2D eigenvalue weighted by atomic mass is 9.94. The monoisotopic (exact) mass is 239 g/mol. The molecule has 1 amide bonds. The van der Waals surface area contributed by atoms with Crippen molar-refractivity contribution < 1.29 is 14.7 Å². The Morgan fingerprint density at radius 1 is 1.44 bits per heavy atom. The van der Waals surface area contributed by atoms with Gasteiger partial charge in [-0.2, -0.15) is 0 Å². The van der Waals surface area contributed by atoms with Gasteiger partial charge in [0, 0.05) is 5.02 Å². The zero-order chi connectivity index (χ0) is 11.7. The highest BCUT2D eigenvalue weighted by molar-refractivity contribution is 6.30. The van der Waals surface area contributed by atoms with E-state index in [9.17, 15) is 9.59 Å². The van der Waals surface area contributed by atoms with E-state index in [1.165, 1.54) is 4.90 Å². The first kappa shape index (κ1) is 11.0. The van der Waals surface area contributed by atoms with Gasteiger partial charge < -0.3 is 10.0 Å². The Bertz CT molecular complexity index is 429. The number of amides is 1. The number of β-lactam (4-membered cyclic amide) rings is 1. The van der Waals surface area contributed by atoms with E-state index in [1.54, 1.807) is 12.1 Å². The Morgan fingerprint density at radius 2 is 2.06 bits per heavy atom. The first-order chi connectivity index (χ1) is 7.58. The SMILES string of the molecule is O=C(O)CN1C(=O)CC1c1ccc(Cl)cc1. The molecule has 1 aromatic rings. The number of rotatable bonds is 3. The first-order valence-electron chi connectivity index (χ1n) is 4.84. The van der Waals surface area contributed by atoms with Crippen LogP contribution in [0.15, 0.2) is 24.3 Å². The Kier molecular flexibility index (Phi) is 2.83. The summed E-state index contributed by atoms with van der Waals surface area (Å²) in [4.78, 5) is 23.2. The minimum atomic E-state index is -0.994. The van der Waals surface area contributed by atoms with Gasteiger partial charge in [0.25, 0.3) is 0 Å². The van der Waals surface area contributed by atoms with Gasteiger partial charge in [0.05, 0.1) is 12.5 Å². The third kappa shape index (κ3) is 2.02. The lowest BCUT2D eigenvalue weighted by Crippen LogP contribution is -2.48. The molecular weight excluding hydrogens is 230 g/mol. The van der Waals surface area contributed by atoms with E-state index in [0.717, 1.165) is 5.56 Å². The molecule has 16 heavy (non-hydrogen) atoms. The molecule has 1 fully saturated rings. The number of hydrogen-bond acceptors (Lipinski definition) is 2. The molecule has 1 unspecified atom stereocenters. The van der Waals surface area contributed by atoms with Crippen molar-refractivity contribution in [3.8, 4) is 0 Å². The molecule has 0 radical (unpaired) electrons. The maximum Gasteiger partial charge on any atom is 0.323 e. The second-order valence-electron chi connectivity index (χ2n) is 3.69. The van der Waals surface area contributed by atoms with Crippen LogP contribution in [-0.4, -0.2) is 28.4 Å². The average Bonchev–Trinajstić information content (AvgIpc) is 2.24. The summed E-state index contributed by atoms with van der Waals surface area (Å²) in [6.07, 6.45) is 0.370. The summed E-state index contributed by atoms with van der Waals surface area (Å²) in [6.45, 7) is -0.244. The van der Waals surface area contributed by atoms with Crippen LogP contribution in [0.25, 0.3) is 0 Å². The van der Waals surface area contributed by atoms with Gasteiger partial charge in [0.15, 0.2) is 0 Å². The van der Waals surface area contributed by atoms with E-state index < -0.39 is 5.97 Å². The average molecular weight is 240 g/mol. The number of aliphatic carboxylic acids is 1. The number of carbonyl (C=O) groups excluding carboxylic acids is 1. The molecule has 0 aliphatic carbocycles. The van der Waals surface area contributed by atoms with Gasteiger partial charge in [0.2, 0.25) is 5.91 Å². The van der Waals surface area contributed by atoms with Gasteiger partial charge in [0.1, 0.15) is 6.54 Å². The number of carboxylic acid groups (broad SMARTS) is 1. The van der Waals surface area contributed by atoms with Crippen molar-refractivity contribution in [3.63, 3.8) is 0 Å². The van der Waals surface area contributed by atoms with Gasteiger partial charge >= 0.3 is 5.97 Å². The minimum Gasteiger partial charge on any atom is -0.480 e. The fourth-order valence-corrected chi connectivity index (χ4v) is 1.91. The zero-order valence-electron chi connectivity index (χ0n) is 8.39. The molecule has 1 aliphatic heterocycles. The van der Waals surface area contributed by atoms with Gasteiger partial charge in [-0.3, -0.25) is 9.59 Å². The van der Waals surface area contributed by atoms with Crippen LogP contribution in [-0.2, 0) is 9.59 Å². The second kappa shape index (κ2) is 4.14. The lowest BCUT2D eigenvalue weighted by molar-refractivity contribution is -0.155. The van der Waals surface area contributed by atoms with Crippen LogP contribution >= 0.6 is 11.6 Å². The van der Waals surface area contributed by atoms with E-state index in [4.69, 9.17) is 16.7 Å². The summed E-state index contributed by atoms with van der Waals surface area (Å²) in [6, 6.07) is 6.97. The summed E-state index contributed by atoms with van der Waals surface area (Å²) in [5.41, 5.74) is 0.922. The second-order valence-corrected chi connectivity index (χ2v) is 4.12. The molecule has 1 atom stereocenters. The molecule has 0 bridgehead atoms. The van der Waals surface area contributed by atoms with Crippen LogP contribution in [0.2, 0.25) is 5.02 Å². The van der Waals surface area contributed by atoms with Crippen molar-refractivity contribution in [2.24, 2.45) is 0 Å². The van der Waals surface area contributed by atoms with Crippen molar-refractivity contribution in [3.05, 3.63) is 34.9 Å². The molecule has 1 saturated heterocycles. The van der Waals surface area contributed by atoms with Gasteiger partial charge in [-0.1, -0.05) is 23.7 Å². The van der Waals surface area contributed by atoms with Crippen molar-refractivity contribution >= 4 is 23.5 Å². The maximum atomic E-state index is 11.3. The Hall–Kier alpha value is -1.55. The van der Waals surface area contributed by atoms with E-state index in [0.29, 0.717) is 11.4 Å². The molecule has 1 aromatic carbocycles. The Labute approximate surface area is 97.4 Å². The number of benzene rings is 1. The summed E-state index contributed by atoms with van der Waals surface area (Å²) >= 11 is 5.75. The summed E-state index contributed by atoms with van der Waals surface area (Å²) < 4.78 is 0. The molecule has 0 spiro atoms. The quantitative estimate of drug-likeness (QED) is 0.817. The van der Waals surface area contributed by atoms with Gasteiger partial charge in [-0.15, -0.1) is 0 Å². The highest BCUT2D eigenvalue weighted by Gasteiger charge is 2.37.